The highest BCUT2D eigenvalue weighted by Gasteiger charge is 2.21. The Balaban J connectivity index is 2.31. The molecule has 1 amide bonds. The minimum atomic E-state index is -0.117. The lowest BCUT2D eigenvalue weighted by molar-refractivity contribution is -0.137. The predicted molar refractivity (Wildman–Crippen MR) is 64.3 cm³/mol. The number of allylic oxidation sites excluding steroid dienone is 1. The third-order valence-corrected chi connectivity index (χ3v) is 2.63. The molecule has 1 aliphatic rings. The average molecular weight is 226 g/mol. The van der Waals surface area contributed by atoms with Crippen molar-refractivity contribution in [2.75, 3.05) is 32.8 Å². The molecule has 1 rings (SSSR count). The Hall–Kier alpha value is -0.870. The van der Waals surface area contributed by atoms with E-state index in [9.17, 15) is 4.79 Å². The third-order valence-electron chi connectivity index (χ3n) is 2.63. The quantitative estimate of drug-likeness (QED) is 0.721. The van der Waals surface area contributed by atoms with Crippen LogP contribution < -0.4 is 5.32 Å². The molecule has 1 aliphatic heterocycles. The highest BCUT2D eigenvalue weighted by Crippen LogP contribution is 2.00. The van der Waals surface area contributed by atoms with Crippen LogP contribution in [0.2, 0.25) is 0 Å². The zero-order valence-corrected chi connectivity index (χ0v) is 10.5. The van der Waals surface area contributed by atoms with Gasteiger partial charge in [0.25, 0.3) is 0 Å². The Morgan fingerprint density at radius 2 is 2.06 bits per heavy atom. The van der Waals surface area contributed by atoms with Gasteiger partial charge in [-0.05, 0) is 20.8 Å². The third kappa shape index (κ3) is 4.33. The van der Waals surface area contributed by atoms with Crippen molar-refractivity contribution in [3.05, 3.63) is 11.6 Å². The number of nitrogens with one attached hydrogen (secondary N) is 1. The first-order chi connectivity index (χ1) is 7.61. The molecule has 0 radical (unpaired) electrons. The fourth-order valence-corrected chi connectivity index (χ4v) is 1.58. The van der Waals surface area contributed by atoms with Crippen LogP contribution in [0.25, 0.3) is 0 Å². The molecule has 1 N–H and O–H groups in total. The van der Waals surface area contributed by atoms with Crippen molar-refractivity contribution in [3.8, 4) is 0 Å². The molecule has 1 saturated heterocycles. The van der Waals surface area contributed by atoms with E-state index in [4.69, 9.17) is 4.74 Å². The van der Waals surface area contributed by atoms with Crippen LogP contribution in [0.3, 0.4) is 0 Å². The first-order valence-electron chi connectivity index (χ1n) is 5.84. The van der Waals surface area contributed by atoms with E-state index in [0.717, 1.165) is 6.54 Å². The Morgan fingerprint density at radius 1 is 1.44 bits per heavy atom. The molecule has 0 aromatic rings. The molecule has 0 saturated carbocycles. The molecule has 1 unspecified atom stereocenters. The summed E-state index contributed by atoms with van der Waals surface area (Å²) in [4.78, 5) is 13.8. The smallest absolute Gasteiger partial charge is 0.239 e. The van der Waals surface area contributed by atoms with Crippen LogP contribution in [0.4, 0.5) is 0 Å². The maximum atomic E-state index is 12.0. The molecule has 1 heterocycles. The summed E-state index contributed by atoms with van der Waals surface area (Å²) in [5, 5.41) is 3.20. The van der Waals surface area contributed by atoms with Crippen molar-refractivity contribution in [1.82, 2.24) is 10.2 Å². The van der Waals surface area contributed by atoms with Crippen molar-refractivity contribution in [2.24, 2.45) is 0 Å². The molecular weight excluding hydrogens is 204 g/mol. The predicted octanol–water partition coefficient (Wildman–Crippen LogP) is 0.790. The largest absolute Gasteiger partial charge is 0.378 e. The summed E-state index contributed by atoms with van der Waals surface area (Å²) >= 11 is 0. The monoisotopic (exact) mass is 226 g/mol. The number of morpholine rings is 1. The SMILES string of the molecule is CC(C)=CCNC(C)C(=O)N1CCOCC1. The second kappa shape index (κ2) is 6.66. The highest BCUT2D eigenvalue weighted by atomic mass is 16.5. The van der Waals surface area contributed by atoms with Gasteiger partial charge in [0, 0.05) is 19.6 Å². The number of nitrogens with zero attached hydrogens (tertiary/aromatic N) is 1. The molecule has 4 nitrogen and oxygen atoms in total. The summed E-state index contributed by atoms with van der Waals surface area (Å²) in [5.41, 5.74) is 1.26. The zero-order valence-electron chi connectivity index (χ0n) is 10.5. The molecule has 0 aromatic carbocycles. The van der Waals surface area contributed by atoms with Crippen LogP contribution >= 0.6 is 0 Å². The Morgan fingerprint density at radius 3 is 2.62 bits per heavy atom. The summed E-state index contributed by atoms with van der Waals surface area (Å²) in [7, 11) is 0. The number of carbonyl (C=O) groups is 1. The second-order valence-corrected chi connectivity index (χ2v) is 4.35. The molecule has 92 valence electrons. The fourth-order valence-electron chi connectivity index (χ4n) is 1.58. The minimum absolute atomic E-state index is 0.117. The van der Waals surface area contributed by atoms with Crippen molar-refractivity contribution in [3.63, 3.8) is 0 Å². The van der Waals surface area contributed by atoms with Crippen LogP contribution in [-0.2, 0) is 9.53 Å². The molecule has 4 heteroatoms. The Kier molecular flexibility index (Phi) is 5.49. The number of hydrogen-bond donors (Lipinski definition) is 1. The van der Waals surface area contributed by atoms with Crippen LogP contribution in [0.15, 0.2) is 11.6 Å². The van der Waals surface area contributed by atoms with Crippen LogP contribution in [0, 0.1) is 0 Å². The molecule has 1 atom stereocenters. The van der Waals surface area contributed by atoms with Gasteiger partial charge in [-0.3, -0.25) is 4.79 Å². The van der Waals surface area contributed by atoms with Gasteiger partial charge < -0.3 is 15.0 Å². The van der Waals surface area contributed by atoms with Gasteiger partial charge in [0.15, 0.2) is 0 Å². The maximum absolute atomic E-state index is 12.0. The lowest BCUT2D eigenvalue weighted by Crippen LogP contribution is -2.49. The number of rotatable bonds is 4. The first-order valence-corrected chi connectivity index (χ1v) is 5.84. The van der Waals surface area contributed by atoms with Gasteiger partial charge in [0.2, 0.25) is 5.91 Å². The number of amides is 1. The van der Waals surface area contributed by atoms with Crippen molar-refractivity contribution < 1.29 is 9.53 Å². The topological polar surface area (TPSA) is 41.6 Å². The zero-order chi connectivity index (χ0) is 12.0. The summed E-state index contributed by atoms with van der Waals surface area (Å²) in [6.45, 7) is 9.52. The minimum Gasteiger partial charge on any atom is -0.378 e. The Labute approximate surface area is 97.6 Å². The molecule has 0 aliphatic carbocycles. The average Bonchev–Trinajstić information content (AvgIpc) is 2.28. The molecule has 0 spiro atoms. The number of ether oxygens (including phenoxy) is 1. The highest BCUT2D eigenvalue weighted by molar-refractivity contribution is 5.81. The molecule has 0 bridgehead atoms. The van der Waals surface area contributed by atoms with Gasteiger partial charge >= 0.3 is 0 Å². The summed E-state index contributed by atoms with van der Waals surface area (Å²) in [6.07, 6.45) is 2.09. The summed E-state index contributed by atoms with van der Waals surface area (Å²) in [5.74, 6) is 0.172. The van der Waals surface area contributed by atoms with E-state index >= 15 is 0 Å². The standard InChI is InChI=1S/C12H22N2O2/c1-10(2)4-5-13-11(3)12(15)14-6-8-16-9-7-14/h4,11,13H,5-9H2,1-3H3. The number of hydrogen-bond acceptors (Lipinski definition) is 3. The van der Waals surface area contributed by atoms with Gasteiger partial charge in [0.05, 0.1) is 19.3 Å². The normalized spacial score (nSPS) is 18.1. The summed E-state index contributed by atoms with van der Waals surface area (Å²) in [6, 6.07) is -0.117. The van der Waals surface area contributed by atoms with Crippen LogP contribution in [0.1, 0.15) is 20.8 Å². The van der Waals surface area contributed by atoms with E-state index < -0.39 is 0 Å². The van der Waals surface area contributed by atoms with E-state index in [2.05, 4.69) is 25.2 Å². The van der Waals surface area contributed by atoms with Crippen LogP contribution in [0.5, 0.6) is 0 Å². The summed E-state index contributed by atoms with van der Waals surface area (Å²) < 4.78 is 5.22. The van der Waals surface area contributed by atoms with Crippen molar-refractivity contribution in [1.29, 1.82) is 0 Å². The molecule has 16 heavy (non-hydrogen) atoms. The van der Waals surface area contributed by atoms with E-state index in [1.165, 1.54) is 5.57 Å². The fraction of sp³-hybridized carbons (Fsp3) is 0.750. The first kappa shape index (κ1) is 13.2. The lowest BCUT2D eigenvalue weighted by atomic mass is 10.2. The second-order valence-electron chi connectivity index (χ2n) is 4.35. The van der Waals surface area contributed by atoms with Gasteiger partial charge in [-0.1, -0.05) is 11.6 Å². The van der Waals surface area contributed by atoms with Gasteiger partial charge in [-0.25, -0.2) is 0 Å². The van der Waals surface area contributed by atoms with E-state index in [-0.39, 0.29) is 11.9 Å². The maximum Gasteiger partial charge on any atom is 0.239 e. The van der Waals surface area contributed by atoms with Gasteiger partial charge in [-0.15, -0.1) is 0 Å². The van der Waals surface area contributed by atoms with Gasteiger partial charge in [-0.2, -0.15) is 0 Å². The molecular formula is C12H22N2O2. The number of carbonyl (C=O) groups excluding carboxylic acids is 1. The van der Waals surface area contributed by atoms with Crippen molar-refractivity contribution in [2.45, 2.75) is 26.8 Å². The molecule has 1 fully saturated rings. The van der Waals surface area contributed by atoms with Crippen molar-refractivity contribution >= 4 is 5.91 Å². The van der Waals surface area contributed by atoms with E-state index in [1.54, 1.807) is 0 Å². The van der Waals surface area contributed by atoms with E-state index in [1.807, 2.05) is 11.8 Å². The van der Waals surface area contributed by atoms with Gasteiger partial charge in [0.1, 0.15) is 0 Å². The lowest BCUT2D eigenvalue weighted by Gasteiger charge is -2.29. The van der Waals surface area contributed by atoms with Crippen LogP contribution in [-0.4, -0.2) is 49.7 Å². The Bertz CT molecular complexity index is 254. The van der Waals surface area contributed by atoms with E-state index in [0.29, 0.717) is 26.3 Å². The molecule has 0 aromatic heterocycles.